The Hall–Kier alpha value is -2.80. The number of fused-ring (bicyclic) bond motifs is 1. The van der Waals surface area contributed by atoms with Gasteiger partial charge in [0.15, 0.2) is 0 Å². The molecule has 2 amide bonds. The molecule has 2 saturated heterocycles. The van der Waals surface area contributed by atoms with Crippen molar-refractivity contribution in [2.45, 2.75) is 24.8 Å². The Morgan fingerprint density at radius 2 is 2.00 bits per heavy atom. The van der Waals surface area contributed by atoms with Crippen molar-refractivity contribution in [3.63, 3.8) is 0 Å². The number of furan rings is 2. The summed E-state index contributed by atoms with van der Waals surface area (Å²) in [6, 6.07) is 7.19. The lowest BCUT2D eigenvalue weighted by Gasteiger charge is -2.23. The highest BCUT2D eigenvalue weighted by Crippen LogP contribution is 2.52. The van der Waals surface area contributed by atoms with Gasteiger partial charge < -0.3 is 23.8 Å². The number of ether oxygens (including phenoxy) is 1. The molecule has 2 aromatic heterocycles. The standard InChI is InChI=1S/C19H18N2O5/c22-17(20-9-12-3-1-7-24-12)15-14-5-6-19(26-14)11-21(18(23)16(15)19)10-13-4-2-8-25-13/h1-8,14-16H,9-11H2,(H,20,22)/t14-,15+,16+,19+/m0/s1. The van der Waals surface area contributed by atoms with Crippen LogP contribution in [-0.4, -0.2) is 35.0 Å². The largest absolute Gasteiger partial charge is 0.467 e. The van der Waals surface area contributed by atoms with Crippen LogP contribution in [0.15, 0.2) is 57.8 Å². The van der Waals surface area contributed by atoms with E-state index in [1.54, 1.807) is 35.6 Å². The van der Waals surface area contributed by atoms with Gasteiger partial charge >= 0.3 is 0 Å². The number of amides is 2. The zero-order valence-corrected chi connectivity index (χ0v) is 14.0. The van der Waals surface area contributed by atoms with Crippen molar-refractivity contribution in [2.24, 2.45) is 11.8 Å². The minimum atomic E-state index is -0.707. The van der Waals surface area contributed by atoms with Gasteiger partial charge in [0.1, 0.15) is 17.1 Å². The second kappa shape index (κ2) is 5.60. The van der Waals surface area contributed by atoms with E-state index in [1.165, 1.54) is 0 Å². The maximum Gasteiger partial charge on any atom is 0.230 e. The Labute approximate surface area is 149 Å². The van der Waals surface area contributed by atoms with Gasteiger partial charge in [0.2, 0.25) is 11.8 Å². The van der Waals surface area contributed by atoms with Crippen LogP contribution in [0.2, 0.25) is 0 Å². The molecule has 3 aliphatic heterocycles. The molecule has 5 heterocycles. The molecule has 7 nitrogen and oxygen atoms in total. The molecule has 4 atom stereocenters. The van der Waals surface area contributed by atoms with Crippen LogP contribution in [0.5, 0.6) is 0 Å². The quantitative estimate of drug-likeness (QED) is 0.822. The van der Waals surface area contributed by atoms with Crippen LogP contribution in [0.25, 0.3) is 0 Å². The minimum Gasteiger partial charge on any atom is -0.467 e. The van der Waals surface area contributed by atoms with Crippen molar-refractivity contribution in [3.05, 3.63) is 60.5 Å². The highest BCUT2D eigenvalue weighted by atomic mass is 16.5. The third kappa shape index (κ3) is 2.24. The van der Waals surface area contributed by atoms with E-state index in [0.29, 0.717) is 31.2 Å². The lowest BCUT2D eigenvalue weighted by molar-refractivity contribution is -0.138. The smallest absolute Gasteiger partial charge is 0.230 e. The predicted octanol–water partition coefficient (Wildman–Crippen LogP) is 1.47. The Bertz CT molecular complexity index is 857. The fraction of sp³-hybridized carbons (Fsp3) is 0.368. The van der Waals surface area contributed by atoms with Crippen molar-refractivity contribution in [1.29, 1.82) is 0 Å². The first-order valence-corrected chi connectivity index (χ1v) is 8.65. The summed E-state index contributed by atoms with van der Waals surface area (Å²) in [6.07, 6.45) is 6.64. The number of carbonyl (C=O) groups excluding carboxylic acids is 2. The van der Waals surface area contributed by atoms with E-state index >= 15 is 0 Å². The molecule has 26 heavy (non-hydrogen) atoms. The lowest BCUT2D eigenvalue weighted by Crippen LogP contribution is -2.43. The van der Waals surface area contributed by atoms with Crippen molar-refractivity contribution < 1.29 is 23.2 Å². The van der Waals surface area contributed by atoms with Crippen LogP contribution < -0.4 is 5.32 Å². The van der Waals surface area contributed by atoms with Crippen LogP contribution in [0.1, 0.15) is 11.5 Å². The molecular weight excluding hydrogens is 336 g/mol. The molecule has 0 aromatic carbocycles. The summed E-state index contributed by atoms with van der Waals surface area (Å²) in [7, 11) is 0. The third-order valence-electron chi connectivity index (χ3n) is 5.43. The summed E-state index contributed by atoms with van der Waals surface area (Å²) in [5, 5.41) is 2.87. The van der Waals surface area contributed by atoms with Crippen molar-refractivity contribution >= 4 is 11.8 Å². The van der Waals surface area contributed by atoms with Gasteiger partial charge in [-0.25, -0.2) is 0 Å². The molecule has 134 valence electrons. The van der Waals surface area contributed by atoms with E-state index < -0.39 is 17.4 Å². The highest BCUT2D eigenvalue weighted by molar-refractivity contribution is 5.92. The number of carbonyl (C=O) groups is 2. The number of likely N-dealkylation sites (tertiary alicyclic amines) is 1. The van der Waals surface area contributed by atoms with Gasteiger partial charge in [0, 0.05) is 0 Å². The summed E-state index contributed by atoms with van der Waals surface area (Å²) in [5.41, 5.74) is -0.707. The fourth-order valence-electron chi connectivity index (χ4n) is 4.31. The van der Waals surface area contributed by atoms with Crippen molar-refractivity contribution in [1.82, 2.24) is 10.2 Å². The summed E-state index contributed by atoms with van der Waals surface area (Å²) >= 11 is 0. The Morgan fingerprint density at radius 3 is 2.73 bits per heavy atom. The predicted molar refractivity (Wildman–Crippen MR) is 88.4 cm³/mol. The van der Waals surface area contributed by atoms with E-state index in [4.69, 9.17) is 13.6 Å². The molecule has 2 fully saturated rings. The van der Waals surface area contributed by atoms with E-state index in [9.17, 15) is 9.59 Å². The summed E-state index contributed by atoms with van der Waals surface area (Å²) in [4.78, 5) is 27.5. The van der Waals surface area contributed by atoms with E-state index in [-0.39, 0.29) is 17.9 Å². The molecule has 3 aliphatic rings. The highest BCUT2D eigenvalue weighted by Gasteiger charge is 2.66. The summed E-state index contributed by atoms with van der Waals surface area (Å²) in [6.45, 7) is 1.11. The van der Waals surface area contributed by atoms with E-state index in [0.717, 1.165) is 0 Å². The van der Waals surface area contributed by atoms with Gasteiger partial charge in [-0.15, -0.1) is 0 Å². The van der Waals surface area contributed by atoms with Crippen molar-refractivity contribution in [3.8, 4) is 0 Å². The van der Waals surface area contributed by atoms with Crippen LogP contribution in [0.4, 0.5) is 0 Å². The van der Waals surface area contributed by atoms with E-state index in [1.807, 2.05) is 18.2 Å². The first-order valence-electron chi connectivity index (χ1n) is 8.65. The molecule has 5 rings (SSSR count). The molecule has 2 aromatic rings. The van der Waals surface area contributed by atoms with Gasteiger partial charge in [0.25, 0.3) is 0 Å². The third-order valence-corrected chi connectivity index (χ3v) is 5.43. The molecule has 0 unspecified atom stereocenters. The molecular formula is C19H18N2O5. The van der Waals surface area contributed by atoms with Crippen LogP contribution >= 0.6 is 0 Å². The summed E-state index contributed by atoms with van der Waals surface area (Å²) in [5.74, 6) is 0.118. The number of hydrogen-bond acceptors (Lipinski definition) is 5. The summed E-state index contributed by atoms with van der Waals surface area (Å²) < 4.78 is 16.7. The second-order valence-corrected chi connectivity index (χ2v) is 6.97. The average Bonchev–Trinajstić information content (AvgIpc) is 3.43. The molecule has 0 aliphatic carbocycles. The van der Waals surface area contributed by atoms with Gasteiger partial charge in [-0.05, 0) is 24.3 Å². The Morgan fingerprint density at radius 1 is 1.23 bits per heavy atom. The van der Waals surface area contributed by atoms with Gasteiger partial charge in [-0.3, -0.25) is 9.59 Å². The number of nitrogens with one attached hydrogen (secondary N) is 1. The Balaban J connectivity index is 1.35. The van der Waals surface area contributed by atoms with E-state index in [2.05, 4.69) is 5.32 Å². The van der Waals surface area contributed by atoms with Crippen LogP contribution in [0.3, 0.4) is 0 Å². The second-order valence-electron chi connectivity index (χ2n) is 6.97. The van der Waals surface area contributed by atoms with Gasteiger partial charge in [0.05, 0.1) is 50.1 Å². The topological polar surface area (TPSA) is 84.9 Å². The fourth-order valence-corrected chi connectivity index (χ4v) is 4.31. The SMILES string of the molecule is O=C(NCc1ccco1)[C@@H]1[C@@H]2C=C[C@]3(CN(Cc4ccco4)C(=O)[C@@H]13)O2. The molecule has 1 N–H and O–H groups in total. The molecule has 7 heteroatoms. The first-order chi connectivity index (χ1) is 12.7. The number of rotatable bonds is 5. The zero-order chi connectivity index (χ0) is 17.7. The molecule has 0 radical (unpaired) electrons. The minimum absolute atomic E-state index is 0.0635. The average molecular weight is 354 g/mol. The maximum atomic E-state index is 13.0. The number of hydrogen-bond donors (Lipinski definition) is 1. The molecule has 0 saturated carbocycles. The van der Waals surface area contributed by atoms with Gasteiger partial charge in [-0.2, -0.15) is 0 Å². The normalized spacial score (nSPS) is 31.6. The Kier molecular flexibility index (Phi) is 3.33. The monoisotopic (exact) mass is 354 g/mol. The van der Waals surface area contributed by atoms with Gasteiger partial charge in [-0.1, -0.05) is 12.2 Å². The zero-order valence-electron chi connectivity index (χ0n) is 14.0. The van der Waals surface area contributed by atoms with Crippen LogP contribution in [0, 0.1) is 11.8 Å². The first kappa shape index (κ1) is 15.5. The lowest BCUT2D eigenvalue weighted by atomic mass is 9.77. The molecule has 2 bridgehead atoms. The molecule has 1 spiro atoms. The number of nitrogens with zero attached hydrogens (tertiary/aromatic N) is 1. The maximum absolute atomic E-state index is 13.0. The van der Waals surface area contributed by atoms with Crippen molar-refractivity contribution in [2.75, 3.05) is 6.54 Å². The van der Waals surface area contributed by atoms with Crippen LogP contribution in [-0.2, 0) is 27.4 Å².